The van der Waals surface area contributed by atoms with Crippen molar-refractivity contribution >= 4 is 34.4 Å². The number of carbonyl (C=O) groups is 1. The van der Waals surface area contributed by atoms with Gasteiger partial charge in [-0.05, 0) is 25.0 Å². The lowest BCUT2D eigenvalue weighted by atomic mass is 10.1. The van der Waals surface area contributed by atoms with Gasteiger partial charge in [-0.2, -0.15) is 4.98 Å². The molecule has 156 valence electrons. The zero-order chi connectivity index (χ0) is 20.1. The van der Waals surface area contributed by atoms with E-state index >= 15 is 0 Å². The first-order valence-corrected chi connectivity index (χ1v) is 11.4. The number of hydrogen-bond donors (Lipinski definition) is 1. The Balaban J connectivity index is 1.44. The first-order valence-electron chi connectivity index (χ1n) is 10.5. The van der Waals surface area contributed by atoms with Crippen LogP contribution < -0.4 is 10.2 Å². The van der Waals surface area contributed by atoms with Crippen molar-refractivity contribution in [2.24, 2.45) is 0 Å². The average molecular weight is 426 g/mol. The molecule has 1 amide bonds. The van der Waals surface area contributed by atoms with Gasteiger partial charge in [0.1, 0.15) is 10.5 Å². The number of nitrogens with zero attached hydrogens (tertiary/aromatic N) is 4. The van der Waals surface area contributed by atoms with E-state index in [0.29, 0.717) is 61.1 Å². The van der Waals surface area contributed by atoms with Crippen molar-refractivity contribution in [2.75, 3.05) is 44.3 Å². The standard InChI is InChI=1S/C21H23N5O3S/c27-20(25-6-8-28-9-7-25)15-3-4-16(19-22-5-10-30-19)18-17(15)24-21(29-18)26-11-13-1-2-14(12-26)23-13/h3-5,10,13-14,23H,1-2,6-9,11-12H2. The van der Waals surface area contributed by atoms with E-state index in [1.165, 1.54) is 12.8 Å². The maximum absolute atomic E-state index is 13.3. The van der Waals surface area contributed by atoms with Crippen molar-refractivity contribution in [3.63, 3.8) is 0 Å². The molecule has 3 saturated heterocycles. The van der Waals surface area contributed by atoms with Gasteiger partial charge in [0.15, 0.2) is 5.58 Å². The fraction of sp³-hybridized carbons (Fsp3) is 0.476. The van der Waals surface area contributed by atoms with Gasteiger partial charge < -0.3 is 24.3 Å². The third-order valence-electron chi connectivity index (χ3n) is 6.21. The zero-order valence-electron chi connectivity index (χ0n) is 16.5. The molecular formula is C21H23N5O3S. The van der Waals surface area contributed by atoms with Crippen molar-refractivity contribution in [2.45, 2.75) is 24.9 Å². The van der Waals surface area contributed by atoms with E-state index < -0.39 is 0 Å². The minimum absolute atomic E-state index is 0.0192. The lowest BCUT2D eigenvalue weighted by Crippen LogP contribution is -2.51. The summed E-state index contributed by atoms with van der Waals surface area (Å²) in [6, 6.07) is 5.36. The quantitative estimate of drug-likeness (QED) is 0.690. The number of aromatic nitrogens is 2. The lowest BCUT2D eigenvalue weighted by Gasteiger charge is -2.31. The Labute approximate surface area is 177 Å². The number of amides is 1. The molecule has 8 nitrogen and oxygen atoms in total. The second-order valence-corrected chi connectivity index (χ2v) is 9.01. The fourth-order valence-corrected chi connectivity index (χ4v) is 5.38. The van der Waals surface area contributed by atoms with Gasteiger partial charge in [0.05, 0.1) is 24.3 Å². The molecule has 0 spiro atoms. The monoisotopic (exact) mass is 425 g/mol. The van der Waals surface area contributed by atoms with Crippen LogP contribution in [-0.4, -0.2) is 72.3 Å². The van der Waals surface area contributed by atoms with E-state index in [2.05, 4.69) is 15.2 Å². The molecule has 2 atom stereocenters. The summed E-state index contributed by atoms with van der Waals surface area (Å²) in [5, 5.41) is 6.45. The van der Waals surface area contributed by atoms with Crippen molar-refractivity contribution in [1.82, 2.24) is 20.2 Å². The number of nitrogens with one attached hydrogen (secondary N) is 1. The van der Waals surface area contributed by atoms with E-state index in [0.717, 1.165) is 23.7 Å². The van der Waals surface area contributed by atoms with Crippen LogP contribution in [0.3, 0.4) is 0 Å². The molecule has 30 heavy (non-hydrogen) atoms. The number of ether oxygens (including phenoxy) is 1. The van der Waals surface area contributed by atoms with Crippen LogP contribution in [0.4, 0.5) is 6.01 Å². The molecule has 0 saturated carbocycles. The van der Waals surface area contributed by atoms with Gasteiger partial charge in [0.25, 0.3) is 11.9 Å². The van der Waals surface area contributed by atoms with Crippen LogP contribution in [0.5, 0.6) is 0 Å². The van der Waals surface area contributed by atoms with Crippen LogP contribution in [-0.2, 0) is 4.74 Å². The molecule has 3 aliphatic rings. The molecule has 0 radical (unpaired) electrons. The van der Waals surface area contributed by atoms with Gasteiger partial charge in [-0.15, -0.1) is 11.3 Å². The number of thiazole rings is 1. The molecular weight excluding hydrogens is 402 g/mol. The fourth-order valence-electron chi connectivity index (χ4n) is 4.72. The van der Waals surface area contributed by atoms with Gasteiger partial charge in [0.2, 0.25) is 0 Å². The number of anilines is 1. The van der Waals surface area contributed by atoms with E-state index in [9.17, 15) is 4.79 Å². The second kappa shape index (κ2) is 7.33. The summed E-state index contributed by atoms with van der Waals surface area (Å²) in [6.07, 6.45) is 4.16. The molecule has 5 heterocycles. The molecule has 2 bridgehead atoms. The number of fused-ring (bicyclic) bond motifs is 3. The number of hydrogen-bond acceptors (Lipinski definition) is 8. The maximum Gasteiger partial charge on any atom is 0.298 e. The zero-order valence-corrected chi connectivity index (χ0v) is 17.4. The van der Waals surface area contributed by atoms with Gasteiger partial charge in [-0.25, -0.2) is 4.98 Å². The molecule has 1 N–H and O–H groups in total. The van der Waals surface area contributed by atoms with Gasteiger partial charge in [-0.1, -0.05) is 0 Å². The number of rotatable bonds is 3. The summed E-state index contributed by atoms with van der Waals surface area (Å²) < 4.78 is 11.7. The second-order valence-electron chi connectivity index (χ2n) is 8.12. The van der Waals surface area contributed by atoms with Crippen molar-refractivity contribution in [1.29, 1.82) is 0 Å². The lowest BCUT2D eigenvalue weighted by molar-refractivity contribution is 0.0304. The predicted octanol–water partition coefficient (Wildman–Crippen LogP) is 2.36. The van der Waals surface area contributed by atoms with Crippen molar-refractivity contribution in [3.05, 3.63) is 29.3 Å². The molecule has 1 aromatic carbocycles. The van der Waals surface area contributed by atoms with Crippen molar-refractivity contribution in [3.8, 4) is 10.6 Å². The Hall–Kier alpha value is -2.49. The third kappa shape index (κ3) is 3.08. The van der Waals surface area contributed by atoms with Crippen LogP contribution in [0.25, 0.3) is 21.7 Å². The molecule has 2 aromatic heterocycles. The summed E-state index contributed by atoms with van der Waals surface area (Å²) in [6.45, 7) is 4.09. The minimum Gasteiger partial charge on any atom is -0.423 e. The summed E-state index contributed by atoms with van der Waals surface area (Å²) in [4.78, 5) is 26.6. The minimum atomic E-state index is -0.0192. The number of carbonyl (C=O) groups excluding carboxylic acids is 1. The Morgan fingerprint density at radius 1 is 1.17 bits per heavy atom. The highest BCUT2D eigenvalue weighted by atomic mass is 32.1. The predicted molar refractivity (Wildman–Crippen MR) is 114 cm³/mol. The maximum atomic E-state index is 13.3. The Kier molecular flexibility index (Phi) is 4.47. The molecule has 3 fully saturated rings. The summed E-state index contributed by atoms with van der Waals surface area (Å²) >= 11 is 1.55. The first kappa shape index (κ1) is 18.3. The highest BCUT2D eigenvalue weighted by molar-refractivity contribution is 7.13. The molecule has 9 heteroatoms. The Bertz CT molecular complexity index is 1060. The third-order valence-corrected chi connectivity index (χ3v) is 7.02. The molecule has 2 unspecified atom stereocenters. The molecule has 0 aliphatic carbocycles. The van der Waals surface area contributed by atoms with Crippen LogP contribution in [0.2, 0.25) is 0 Å². The van der Waals surface area contributed by atoms with Gasteiger partial charge in [-0.3, -0.25) is 4.79 Å². The van der Waals surface area contributed by atoms with E-state index in [-0.39, 0.29) is 5.91 Å². The Morgan fingerprint density at radius 3 is 2.70 bits per heavy atom. The highest BCUT2D eigenvalue weighted by Gasteiger charge is 2.35. The van der Waals surface area contributed by atoms with Gasteiger partial charge in [0, 0.05) is 49.8 Å². The number of oxazole rings is 1. The normalized spacial score (nSPS) is 24.0. The van der Waals surface area contributed by atoms with E-state index in [1.54, 1.807) is 17.5 Å². The van der Waals surface area contributed by atoms with E-state index in [1.807, 2.05) is 22.4 Å². The summed E-state index contributed by atoms with van der Waals surface area (Å²) in [7, 11) is 0. The smallest absolute Gasteiger partial charge is 0.298 e. The molecule has 6 rings (SSSR count). The highest BCUT2D eigenvalue weighted by Crippen LogP contribution is 2.36. The topological polar surface area (TPSA) is 83.7 Å². The summed E-state index contributed by atoms with van der Waals surface area (Å²) in [5.74, 6) is -0.0192. The number of morpholine rings is 1. The van der Waals surface area contributed by atoms with E-state index in [4.69, 9.17) is 14.1 Å². The molecule has 3 aromatic rings. The number of piperazine rings is 1. The molecule has 3 aliphatic heterocycles. The first-order chi connectivity index (χ1) is 14.8. The van der Waals surface area contributed by atoms with Crippen LogP contribution in [0.1, 0.15) is 23.2 Å². The largest absolute Gasteiger partial charge is 0.423 e. The van der Waals surface area contributed by atoms with Crippen LogP contribution >= 0.6 is 11.3 Å². The SMILES string of the molecule is O=C(c1ccc(-c2nccs2)c2oc(N3CC4CCC(C3)N4)nc12)N1CCOCC1. The van der Waals surface area contributed by atoms with Crippen molar-refractivity contribution < 1.29 is 13.9 Å². The summed E-state index contributed by atoms with van der Waals surface area (Å²) in [5.41, 5.74) is 2.74. The number of benzene rings is 1. The van der Waals surface area contributed by atoms with Gasteiger partial charge >= 0.3 is 0 Å². The Morgan fingerprint density at radius 2 is 1.97 bits per heavy atom. The van der Waals surface area contributed by atoms with Crippen LogP contribution in [0, 0.1) is 0 Å². The average Bonchev–Trinajstić information content (AvgIpc) is 3.53. The van der Waals surface area contributed by atoms with Crippen LogP contribution in [0.15, 0.2) is 28.1 Å².